The molecule has 1 aliphatic rings. The number of nitrogens with one attached hydrogen (secondary N) is 1. The molecule has 3 atom stereocenters. The molecule has 3 nitrogen and oxygen atoms in total. The smallest absolute Gasteiger partial charge is 0.126 e. The molecule has 0 radical (unpaired) electrons. The van der Waals surface area contributed by atoms with E-state index in [9.17, 15) is 8.78 Å². The Labute approximate surface area is 98.9 Å². The van der Waals surface area contributed by atoms with Crippen molar-refractivity contribution in [1.29, 1.82) is 0 Å². The van der Waals surface area contributed by atoms with Crippen LogP contribution in [0.5, 0.6) is 0 Å². The van der Waals surface area contributed by atoms with Crippen molar-refractivity contribution < 1.29 is 13.5 Å². The predicted octanol–water partition coefficient (Wildman–Crippen LogP) is 1.89. The first-order valence-corrected chi connectivity index (χ1v) is 5.65. The highest BCUT2D eigenvalue weighted by atomic mass is 19.1. The molecule has 1 aromatic carbocycles. The van der Waals surface area contributed by atoms with E-state index in [1.54, 1.807) is 0 Å². The molecule has 1 fully saturated rings. The van der Waals surface area contributed by atoms with Crippen LogP contribution in [0.3, 0.4) is 0 Å². The summed E-state index contributed by atoms with van der Waals surface area (Å²) in [5, 5.41) is 0. The van der Waals surface area contributed by atoms with Crippen LogP contribution in [0.2, 0.25) is 0 Å². The zero-order valence-electron chi connectivity index (χ0n) is 9.62. The molecule has 0 bridgehead atoms. The Bertz CT molecular complexity index is 380. The second kappa shape index (κ2) is 5.08. The minimum Gasteiger partial charge on any atom is -0.376 e. The minimum atomic E-state index is -0.606. The highest BCUT2D eigenvalue weighted by molar-refractivity contribution is 5.23. The number of benzene rings is 1. The van der Waals surface area contributed by atoms with Gasteiger partial charge in [0.2, 0.25) is 0 Å². The fourth-order valence-corrected chi connectivity index (χ4v) is 2.28. The Balaban J connectivity index is 2.28. The second-order valence-corrected chi connectivity index (χ2v) is 4.45. The van der Waals surface area contributed by atoms with Crippen LogP contribution in [0.1, 0.15) is 24.9 Å². The van der Waals surface area contributed by atoms with Gasteiger partial charge in [-0.05, 0) is 30.0 Å². The van der Waals surface area contributed by atoms with Gasteiger partial charge in [0.1, 0.15) is 11.6 Å². The van der Waals surface area contributed by atoms with Gasteiger partial charge in [0.15, 0.2) is 0 Å². The van der Waals surface area contributed by atoms with Crippen LogP contribution in [-0.2, 0) is 4.74 Å². The third-order valence-electron chi connectivity index (χ3n) is 3.20. The zero-order valence-corrected chi connectivity index (χ0v) is 9.62. The summed E-state index contributed by atoms with van der Waals surface area (Å²) >= 11 is 0. The van der Waals surface area contributed by atoms with Gasteiger partial charge in [0, 0.05) is 12.7 Å². The number of hydrazine groups is 1. The van der Waals surface area contributed by atoms with Crippen molar-refractivity contribution in [2.45, 2.75) is 25.5 Å². The van der Waals surface area contributed by atoms with E-state index in [1.165, 1.54) is 12.1 Å². The zero-order chi connectivity index (χ0) is 12.4. The molecule has 0 saturated carbocycles. The molecule has 1 aromatic rings. The molecule has 0 aromatic heterocycles. The van der Waals surface area contributed by atoms with Gasteiger partial charge in [-0.15, -0.1) is 0 Å². The van der Waals surface area contributed by atoms with Crippen molar-refractivity contribution >= 4 is 0 Å². The highest BCUT2D eigenvalue weighted by Gasteiger charge is 2.32. The van der Waals surface area contributed by atoms with Gasteiger partial charge in [-0.25, -0.2) is 8.78 Å². The quantitative estimate of drug-likeness (QED) is 0.628. The van der Waals surface area contributed by atoms with Crippen molar-refractivity contribution in [2.24, 2.45) is 11.8 Å². The number of hydrogen-bond acceptors (Lipinski definition) is 3. The fourth-order valence-electron chi connectivity index (χ4n) is 2.28. The normalized spacial score (nSPS) is 26.1. The number of halogens is 2. The van der Waals surface area contributed by atoms with Crippen LogP contribution in [0, 0.1) is 17.6 Å². The predicted molar refractivity (Wildman–Crippen MR) is 59.9 cm³/mol. The standard InChI is InChI=1S/C12H16F2N2O/c1-7-2-3-17-12(7)11(16-15)8-4-9(13)6-10(14)5-8/h4-7,11-12,16H,2-3,15H2,1H3. The van der Waals surface area contributed by atoms with E-state index in [-0.39, 0.29) is 6.10 Å². The van der Waals surface area contributed by atoms with Crippen LogP contribution in [0.15, 0.2) is 18.2 Å². The van der Waals surface area contributed by atoms with Gasteiger partial charge in [0.25, 0.3) is 0 Å². The van der Waals surface area contributed by atoms with Crippen molar-refractivity contribution in [1.82, 2.24) is 5.43 Å². The lowest BCUT2D eigenvalue weighted by Crippen LogP contribution is -2.38. The van der Waals surface area contributed by atoms with Gasteiger partial charge in [-0.3, -0.25) is 11.3 Å². The molecular formula is C12H16F2N2O. The molecule has 3 unspecified atom stereocenters. The minimum absolute atomic E-state index is 0.152. The van der Waals surface area contributed by atoms with E-state index >= 15 is 0 Å². The maximum atomic E-state index is 13.2. The van der Waals surface area contributed by atoms with Gasteiger partial charge < -0.3 is 4.74 Å². The molecule has 5 heteroatoms. The molecule has 1 aliphatic heterocycles. The summed E-state index contributed by atoms with van der Waals surface area (Å²) in [6.07, 6.45) is 0.780. The largest absolute Gasteiger partial charge is 0.376 e. The SMILES string of the molecule is CC1CCOC1C(NN)c1cc(F)cc(F)c1. The third kappa shape index (κ3) is 2.62. The summed E-state index contributed by atoms with van der Waals surface area (Å²) < 4.78 is 31.9. The molecule has 0 aliphatic carbocycles. The lowest BCUT2D eigenvalue weighted by molar-refractivity contribution is 0.0605. The van der Waals surface area contributed by atoms with Crippen LogP contribution >= 0.6 is 0 Å². The summed E-state index contributed by atoms with van der Waals surface area (Å²) in [5.41, 5.74) is 3.06. The summed E-state index contributed by atoms with van der Waals surface area (Å²) in [5.74, 6) is 4.57. The number of ether oxygens (including phenoxy) is 1. The molecule has 1 saturated heterocycles. The van der Waals surface area contributed by atoms with Crippen LogP contribution in [0.4, 0.5) is 8.78 Å². The lowest BCUT2D eigenvalue weighted by atomic mass is 9.93. The molecule has 0 amide bonds. The monoisotopic (exact) mass is 242 g/mol. The summed E-state index contributed by atoms with van der Waals surface area (Å²) in [7, 11) is 0. The van der Waals surface area contributed by atoms with E-state index in [4.69, 9.17) is 10.6 Å². The molecule has 1 heterocycles. The van der Waals surface area contributed by atoms with E-state index in [2.05, 4.69) is 5.43 Å². The highest BCUT2D eigenvalue weighted by Crippen LogP contribution is 2.31. The van der Waals surface area contributed by atoms with E-state index in [0.29, 0.717) is 18.1 Å². The number of hydrogen-bond donors (Lipinski definition) is 2. The van der Waals surface area contributed by atoms with Crippen molar-refractivity contribution in [2.75, 3.05) is 6.61 Å². The van der Waals surface area contributed by atoms with E-state index in [1.807, 2.05) is 6.92 Å². The molecule has 2 rings (SSSR count). The molecule has 17 heavy (non-hydrogen) atoms. The van der Waals surface area contributed by atoms with E-state index < -0.39 is 17.7 Å². The first kappa shape index (κ1) is 12.4. The Morgan fingerprint density at radius 1 is 1.35 bits per heavy atom. The fraction of sp³-hybridized carbons (Fsp3) is 0.500. The first-order valence-electron chi connectivity index (χ1n) is 5.65. The molecular weight excluding hydrogens is 226 g/mol. The van der Waals surface area contributed by atoms with Gasteiger partial charge in [0.05, 0.1) is 12.1 Å². The van der Waals surface area contributed by atoms with Crippen LogP contribution in [-0.4, -0.2) is 12.7 Å². The summed E-state index contributed by atoms with van der Waals surface area (Å²) in [4.78, 5) is 0. The lowest BCUT2D eigenvalue weighted by Gasteiger charge is -2.25. The van der Waals surface area contributed by atoms with Gasteiger partial charge in [-0.2, -0.15) is 0 Å². The Hall–Kier alpha value is -1.04. The topological polar surface area (TPSA) is 47.3 Å². The molecule has 0 spiro atoms. The van der Waals surface area contributed by atoms with E-state index in [0.717, 1.165) is 12.5 Å². The Morgan fingerprint density at radius 2 is 2.00 bits per heavy atom. The number of nitrogens with two attached hydrogens (primary N) is 1. The second-order valence-electron chi connectivity index (χ2n) is 4.45. The van der Waals surface area contributed by atoms with Crippen molar-refractivity contribution in [3.8, 4) is 0 Å². The van der Waals surface area contributed by atoms with Crippen LogP contribution < -0.4 is 11.3 Å². The van der Waals surface area contributed by atoms with Gasteiger partial charge >= 0.3 is 0 Å². The molecule has 94 valence electrons. The average molecular weight is 242 g/mol. The average Bonchev–Trinajstić information content (AvgIpc) is 2.65. The van der Waals surface area contributed by atoms with Crippen molar-refractivity contribution in [3.05, 3.63) is 35.4 Å². The first-order chi connectivity index (χ1) is 8.11. The summed E-state index contributed by atoms with van der Waals surface area (Å²) in [6, 6.07) is 3.01. The third-order valence-corrected chi connectivity index (χ3v) is 3.20. The maximum Gasteiger partial charge on any atom is 0.126 e. The molecule has 3 N–H and O–H groups in total. The Morgan fingerprint density at radius 3 is 2.47 bits per heavy atom. The van der Waals surface area contributed by atoms with Crippen LogP contribution in [0.25, 0.3) is 0 Å². The van der Waals surface area contributed by atoms with Crippen molar-refractivity contribution in [3.63, 3.8) is 0 Å². The van der Waals surface area contributed by atoms with Gasteiger partial charge in [-0.1, -0.05) is 6.92 Å². The maximum absolute atomic E-state index is 13.2. The summed E-state index contributed by atoms with van der Waals surface area (Å²) in [6.45, 7) is 2.69. The Kier molecular flexibility index (Phi) is 3.71. The number of rotatable bonds is 3.